The Morgan fingerprint density at radius 3 is 2.76 bits per heavy atom. The molecule has 25 heavy (non-hydrogen) atoms. The van der Waals surface area contributed by atoms with Crippen LogP contribution < -0.4 is 5.32 Å². The molecule has 1 aliphatic heterocycles. The largest absolute Gasteiger partial charge is 0.352 e. The van der Waals surface area contributed by atoms with Crippen molar-refractivity contribution in [3.05, 3.63) is 41.4 Å². The number of allylic oxidation sites excluding steroid dienone is 2. The maximum Gasteiger partial charge on any atom is 0.224 e. The second-order valence-electron chi connectivity index (χ2n) is 6.78. The van der Waals surface area contributed by atoms with Gasteiger partial charge in [0, 0.05) is 12.0 Å². The summed E-state index contributed by atoms with van der Waals surface area (Å²) in [5.74, 6) is 0.0571. The molecule has 3 atom stereocenters. The van der Waals surface area contributed by atoms with E-state index in [1.54, 1.807) is 11.3 Å². The topological polar surface area (TPSA) is 76.1 Å². The van der Waals surface area contributed by atoms with Crippen LogP contribution in [0.25, 0.3) is 10.2 Å². The number of nitrogens with one attached hydrogen (secondary N) is 1. The number of carbonyl (C=O) groups excluding carboxylic acids is 1. The number of hydrogen-bond acceptors (Lipinski definition) is 5. The van der Waals surface area contributed by atoms with Gasteiger partial charge in [0.1, 0.15) is 0 Å². The quantitative estimate of drug-likeness (QED) is 0.836. The lowest BCUT2D eigenvalue weighted by atomic mass is 9.82. The minimum atomic E-state index is -2.99. The molecule has 0 saturated carbocycles. The summed E-state index contributed by atoms with van der Waals surface area (Å²) in [5.41, 5.74) is 0.970. The average molecular weight is 377 g/mol. The monoisotopic (exact) mass is 376 g/mol. The van der Waals surface area contributed by atoms with E-state index in [0.717, 1.165) is 21.6 Å². The fourth-order valence-corrected chi connectivity index (χ4v) is 6.46. The van der Waals surface area contributed by atoms with Gasteiger partial charge in [0.2, 0.25) is 5.91 Å². The molecule has 7 heteroatoms. The third-order valence-electron chi connectivity index (χ3n) is 4.98. The van der Waals surface area contributed by atoms with E-state index in [1.807, 2.05) is 30.3 Å². The number of fused-ring (bicyclic) bond motifs is 1. The van der Waals surface area contributed by atoms with Crippen molar-refractivity contribution in [3.63, 3.8) is 0 Å². The molecule has 1 saturated heterocycles. The van der Waals surface area contributed by atoms with Crippen molar-refractivity contribution in [2.75, 3.05) is 11.5 Å². The van der Waals surface area contributed by atoms with Gasteiger partial charge in [-0.05, 0) is 31.4 Å². The molecule has 1 N–H and O–H groups in total. The molecule has 5 nitrogen and oxygen atoms in total. The Labute approximate surface area is 151 Å². The molecule has 2 aliphatic rings. The lowest BCUT2D eigenvalue weighted by Crippen LogP contribution is -2.41. The second kappa shape index (κ2) is 6.53. The zero-order chi connectivity index (χ0) is 17.4. The van der Waals surface area contributed by atoms with E-state index >= 15 is 0 Å². The number of hydrogen-bond donors (Lipinski definition) is 1. The molecule has 1 aromatic carbocycles. The van der Waals surface area contributed by atoms with Crippen molar-refractivity contribution < 1.29 is 13.2 Å². The van der Waals surface area contributed by atoms with Crippen LogP contribution in [0.4, 0.5) is 0 Å². The van der Waals surface area contributed by atoms with Gasteiger partial charge in [0.15, 0.2) is 9.84 Å². The van der Waals surface area contributed by atoms with Crippen molar-refractivity contribution in [3.8, 4) is 0 Å². The van der Waals surface area contributed by atoms with Gasteiger partial charge in [-0.2, -0.15) is 0 Å². The van der Waals surface area contributed by atoms with E-state index in [4.69, 9.17) is 4.98 Å². The first-order valence-electron chi connectivity index (χ1n) is 8.53. The molecule has 1 aromatic heterocycles. The first-order chi connectivity index (χ1) is 12.0. The van der Waals surface area contributed by atoms with Crippen LogP contribution in [0, 0.1) is 5.92 Å². The summed E-state index contributed by atoms with van der Waals surface area (Å²) in [6.07, 6.45) is 6.13. The molecule has 0 spiro atoms. The van der Waals surface area contributed by atoms with Crippen LogP contribution in [0.3, 0.4) is 0 Å². The van der Waals surface area contributed by atoms with Gasteiger partial charge < -0.3 is 5.32 Å². The minimum Gasteiger partial charge on any atom is -0.352 e. The number of aromatic nitrogens is 1. The fourth-order valence-electron chi connectivity index (χ4n) is 3.64. The van der Waals surface area contributed by atoms with E-state index in [9.17, 15) is 13.2 Å². The molecule has 4 rings (SSSR count). The van der Waals surface area contributed by atoms with E-state index in [0.29, 0.717) is 12.8 Å². The minimum absolute atomic E-state index is 0.0456. The summed E-state index contributed by atoms with van der Waals surface area (Å²) in [6, 6.07) is 7.76. The van der Waals surface area contributed by atoms with Gasteiger partial charge in [0.05, 0.1) is 32.6 Å². The van der Waals surface area contributed by atoms with Gasteiger partial charge in [-0.15, -0.1) is 11.3 Å². The third-order valence-corrected chi connectivity index (χ3v) is 7.91. The number of amides is 1. The zero-order valence-electron chi connectivity index (χ0n) is 13.7. The molecule has 132 valence electrons. The normalized spacial score (nSPS) is 28.2. The Hall–Kier alpha value is -1.73. The predicted molar refractivity (Wildman–Crippen MR) is 99.4 cm³/mol. The Bertz CT molecular complexity index is 900. The number of sulfone groups is 1. The van der Waals surface area contributed by atoms with Crippen molar-refractivity contribution >= 4 is 37.3 Å². The van der Waals surface area contributed by atoms with E-state index in [-0.39, 0.29) is 35.3 Å². The first kappa shape index (κ1) is 16.7. The van der Waals surface area contributed by atoms with Crippen LogP contribution in [0.2, 0.25) is 0 Å². The smallest absolute Gasteiger partial charge is 0.224 e. The lowest BCUT2D eigenvalue weighted by molar-refractivity contribution is -0.126. The highest BCUT2D eigenvalue weighted by molar-refractivity contribution is 7.91. The van der Waals surface area contributed by atoms with Crippen LogP contribution in [0.1, 0.15) is 30.2 Å². The van der Waals surface area contributed by atoms with Gasteiger partial charge in [-0.1, -0.05) is 24.3 Å². The van der Waals surface area contributed by atoms with Gasteiger partial charge in [-0.25, -0.2) is 13.4 Å². The molecule has 0 bridgehead atoms. The molecule has 2 heterocycles. The SMILES string of the molecule is O=C(N[C@@H]1CCS(=O)(=O)C1)[C@H]1CC=CC[C@H]1c1nc2ccccc2s1. The standard InChI is InChI=1S/C18H20N2O3S2/c21-17(19-12-9-10-25(22,23)11-12)13-5-1-2-6-14(13)18-20-15-7-3-4-8-16(15)24-18/h1-4,7-8,12-14H,5-6,9-11H2,(H,19,21)/t12-,13+,14-/m1/s1. The van der Waals surface area contributed by atoms with E-state index in [1.165, 1.54) is 0 Å². The number of nitrogens with zero attached hydrogens (tertiary/aromatic N) is 1. The summed E-state index contributed by atoms with van der Waals surface area (Å²) in [4.78, 5) is 17.5. The van der Waals surface area contributed by atoms with Crippen molar-refractivity contribution in [1.82, 2.24) is 10.3 Å². The summed E-state index contributed by atoms with van der Waals surface area (Å²) in [6.45, 7) is 0. The van der Waals surface area contributed by atoms with Crippen LogP contribution in [0.5, 0.6) is 0 Å². The molecule has 1 aliphatic carbocycles. The Morgan fingerprint density at radius 2 is 2.00 bits per heavy atom. The Balaban J connectivity index is 1.54. The summed E-state index contributed by atoms with van der Waals surface area (Å²) < 4.78 is 24.4. The zero-order valence-corrected chi connectivity index (χ0v) is 15.4. The average Bonchev–Trinajstić information content (AvgIpc) is 3.17. The second-order valence-corrected chi connectivity index (χ2v) is 10.1. The van der Waals surface area contributed by atoms with Crippen LogP contribution >= 0.6 is 11.3 Å². The highest BCUT2D eigenvalue weighted by Gasteiger charge is 2.35. The van der Waals surface area contributed by atoms with Gasteiger partial charge >= 0.3 is 0 Å². The molecule has 0 unspecified atom stereocenters. The van der Waals surface area contributed by atoms with Gasteiger partial charge in [0.25, 0.3) is 0 Å². The predicted octanol–water partition coefficient (Wildman–Crippen LogP) is 2.65. The van der Waals surface area contributed by atoms with Crippen LogP contribution in [0.15, 0.2) is 36.4 Å². The Kier molecular flexibility index (Phi) is 4.37. The number of benzene rings is 1. The number of carbonyl (C=O) groups is 1. The van der Waals surface area contributed by atoms with E-state index < -0.39 is 9.84 Å². The maximum absolute atomic E-state index is 12.8. The highest BCUT2D eigenvalue weighted by Crippen LogP contribution is 2.38. The summed E-state index contributed by atoms with van der Waals surface area (Å²) >= 11 is 1.65. The van der Waals surface area contributed by atoms with Crippen molar-refractivity contribution in [2.24, 2.45) is 5.92 Å². The van der Waals surface area contributed by atoms with Gasteiger partial charge in [-0.3, -0.25) is 4.79 Å². The molecule has 1 amide bonds. The number of rotatable bonds is 3. The fraction of sp³-hybridized carbons (Fsp3) is 0.444. The maximum atomic E-state index is 12.8. The van der Waals surface area contributed by atoms with E-state index in [2.05, 4.69) is 11.4 Å². The first-order valence-corrected chi connectivity index (χ1v) is 11.2. The van der Waals surface area contributed by atoms with Crippen molar-refractivity contribution in [1.29, 1.82) is 0 Å². The number of para-hydroxylation sites is 1. The van der Waals surface area contributed by atoms with Crippen molar-refractivity contribution in [2.45, 2.75) is 31.2 Å². The molecule has 0 radical (unpaired) electrons. The summed E-state index contributed by atoms with van der Waals surface area (Å²) in [5, 5.41) is 3.95. The highest BCUT2D eigenvalue weighted by atomic mass is 32.2. The molecular formula is C18H20N2O3S2. The molecule has 1 fully saturated rings. The molecule has 2 aromatic rings. The van der Waals surface area contributed by atoms with Crippen LogP contribution in [-0.4, -0.2) is 36.9 Å². The third kappa shape index (κ3) is 3.48. The Morgan fingerprint density at radius 1 is 1.20 bits per heavy atom. The number of thiazole rings is 1. The van der Waals surface area contributed by atoms with Crippen LogP contribution in [-0.2, 0) is 14.6 Å². The lowest BCUT2D eigenvalue weighted by Gasteiger charge is -2.27. The molecular weight excluding hydrogens is 356 g/mol. The summed E-state index contributed by atoms with van der Waals surface area (Å²) in [7, 11) is -2.99.